The average molecular weight is 197 g/mol. The lowest BCUT2D eigenvalue weighted by Crippen LogP contribution is -2.44. The Labute approximate surface area is 85.8 Å². The summed E-state index contributed by atoms with van der Waals surface area (Å²) in [5, 5.41) is 11.8. The van der Waals surface area contributed by atoms with Gasteiger partial charge in [-0.25, -0.2) is 0 Å². The van der Waals surface area contributed by atoms with Gasteiger partial charge in [0.2, 0.25) is 0 Å². The Bertz CT molecular complexity index is 214. The summed E-state index contributed by atoms with van der Waals surface area (Å²) >= 11 is 0. The Morgan fingerprint density at radius 2 is 2.43 bits per heavy atom. The number of ether oxygens (including phenoxy) is 1. The fraction of sp³-hybridized carbons (Fsp3) is 0.900. The summed E-state index contributed by atoms with van der Waals surface area (Å²) < 4.78 is 5.49. The van der Waals surface area contributed by atoms with Crippen LogP contribution in [0, 0.1) is 11.3 Å². The lowest BCUT2D eigenvalue weighted by atomic mass is 10.1. The third kappa shape index (κ3) is 2.68. The zero-order valence-corrected chi connectivity index (χ0v) is 9.16. The first kappa shape index (κ1) is 11.4. The van der Waals surface area contributed by atoms with Crippen LogP contribution in [0.1, 0.15) is 13.3 Å². The molecule has 0 bridgehead atoms. The van der Waals surface area contributed by atoms with Gasteiger partial charge in [0, 0.05) is 19.2 Å². The topological polar surface area (TPSA) is 48.3 Å². The van der Waals surface area contributed by atoms with Crippen molar-refractivity contribution >= 4 is 0 Å². The molecule has 1 saturated heterocycles. The van der Waals surface area contributed by atoms with E-state index in [9.17, 15) is 0 Å². The monoisotopic (exact) mass is 197 g/mol. The van der Waals surface area contributed by atoms with Crippen LogP contribution in [0.3, 0.4) is 0 Å². The lowest BCUT2D eigenvalue weighted by Gasteiger charge is -2.27. The van der Waals surface area contributed by atoms with E-state index in [2.05, 4.69) is 30.3 Å². The fourth-order valence-corrected chi connectivity index (χ4v) is 1.92. The van der Waals surface area contributed by atoms with Crippen LogP contribution < -0.4 is 5.32 Å². The van der Waals surface area contributed by atoms with Crippen molar-refractivity contribution in [3.05, 3.63) is 0 Å². The van der Waals surface area contributed by atoms with Crippen molar-refractivity contribution in [2.75, 3.05) is 27.2 Å². The van der Waals surface area contributed by atoms with Gasteiger partial charge in [-0.3, -0.25) is 4.90 Å². The molecule has 0 aliphatic carbocycles. The second kappa shape index (κ2) is 5.30. The van der Waals surface area contributed by atoms with Crippen LogP contribution in [-0.2, 0) is 4.74 Å². The average Bonchev–Trinajstić information content (AvgIpc) is 2.60. The number of nitriles is 1. The third-order valence-corrected chi connectivity index (χ3v) is 2.88. The van der Waals surface area contributed by atoms with E-state index < -0.39 is 0 Å². The van der Waals surface area contributed by atoms with Crippen LogP contribution in [0.25, 0.3) is 0 Å². The van der Waals surface area contributed by atoms with Gasteiger partial charge in [0.15, 0.2) is 0 Å². The molecule has 0 spiro atoms. The number of likely N-dealkylation sites (N-methyl/N-ethyl adjacent to an activating group) is 2. The van der Waals surface area contributed by atoms with Crippen LogP contribution >= 0.6 is 0 Å². The van der Waals surface area contributed by atoms with E-state index in [0.29, 0.717) is 6.04 Å². The molecule has 4 heteroatoms. The Morgan fingerprint density at radius 1 is 1.71 bits per heavy atom. The second-order valence-corrected chi connectivity index (χ2v) is 3.84. The second-order valence-electron chi connectivity index (χ2n) is 3.84. The molecule has 80 valence electrons. The van der Waals surface area contributed by atoms with Gasteiger partial charge >= 0.3 is 0 Å². The highest BCUT2D eigenvalue weighted by Gasteiger charge is 2.28. The molecule has 1 aliphatic heterocycles. The molecule has 0 aromatic carbocycles. The molecule has 14 heavy (non-hydrogen) atoms. The molecule has 0 radical (unpaired) electrons. The fourth-order valence-electron chi connectivity index (χ4n) is 1.92. The van der Waals surface area contributed by atoms with Gasteiger partial charge in [0.25, 0.3) is 0 Å². The van der Waals surface area contributed by atoms with Crippen LogP contribution in [0.5, 0.6) is 0 Å². The number of hydrogen-bond acceptors (Lipinski definition) is 4. The summed E-state index contributed by atoms with van der Waals surface area (Å²) in [4.78, 5) is 2.21. The van der Waals surface area contributed by atoms with Gasteiger partial charge in [0.05, 0.1) is 12.2 Å². The van der Waals surface area contributed by atoms with E-state index in [0.717, 1.165) is 19.6 Å². The zero-order chi connectivity index (χ0) is 10.6. The molecule has 1 fully saturated rings. The molecule has 1 aliphatic rings. The Balaban J connectivity index is 2.41. The van der Waals surface area contributed by atoms with Crippen molar-refractivity contribution in [3.8, 4) is 6.07 Å². The van der Waals surface area contributed by atoms with Crippen LogP contribution in [-0.4, -0.2) is 50.3 Å². The molecule has 3 atom stereocenters. The largest absolute Gasteiger partial charge is 0.377 e. The normalized spacial score (nSPS) is 29.1. The Hall–Kier alpha value is -0.630. The molecular formula is C10H19N3O. The maximum absolute atomic E-state index is 8.81. The van der Waals surface area contributed by atoms with Gasteiger partial charge in [-0.1, -0.05) is 0 Å². The number of rotatable bonds is 4. The first-order chi connectivity index (χ1) is 6.69. The maximum atomic E-state index is 8.81. The van der Waals surface area contributed by atoms with E-state index >= 15 is 0 Å². The molecule has 1 heterocycles. The van der Waals surface area contributed by atoms with E-state index in [-0.39, 0.29) is 12.1 Å². The summed E-state index contributed by atoms with van der Waals surface area (Å²) in [6.07, 6.45) is 1.36. The van der Waals surface area contributed by atoms with Crippen LogP contribution in [0.2, 0.25) is 0 Å². The molecule has 3 unspecified atom stereocenters. The smallest absolute Gasteiger partial charge is 0.108 e. The number of nitrogens with one attached hydrogen (secondary N) is 1. The minimum atomic E-state index is -0.0900. The molecule has 0 aromatic rings. The van der Waals surface area contributed by atoms with Crippen molar-refractivity contribution in [1.82, 2.24) is 10.2 Å². The summed E-state index contributed by atoms with van der Waals surface area (Å²) in [7, 11) is 3.87. The molecule has 0 amide bonds. The van der Waals surface area contributed by atoms with E-state index in [1.54, 1.807) is 0 Å². The van der Waals surface area contributed by atoms with E-state index in [4.69, 9.17) is 10.00 Å². The van der Waals surface area contributed by atoms with Crippen molar-refractivity contribution in [1.29, 1.82) is 5.26 Å². The lowest BCUT2D eigenvalue weighted by molar-refractivity contribution is 0.0824. The summed E-state index contributed by atoms with van der Waals surface area (Å²) in [5.74, 6) is 0. The number of hydrogen-bond donors (Lipinski definition) is 1. The van der Waals surface area contributed by atoms with Crippen LogP contribution in [0.15, 0.2) is 0 Å². The van der Waals surface area contributed by atoms with Crippen molar-refractivity contribution in [3.63, 3.8) is 0 Å². The molecule has 0 saturated carbocycles. The highest BCUT2D eigenvalue weighted by Crippen LogP contribution is 2.17. The van der Waals surface area contributed by atoms with Crippen molar-refractivity contribution < 1.29 is 4.74 Å². The molecule has 4 nitrogen and oxygen atoms in total. The predicted molar refractivity (Wildman–Crippen MR) is 54.9 cm³/mol. The Kier molecular flexibility index (Phi) is 4.33. The predicted octanol–water partition coefficient (Wildman–Crippen LogP) is 0.207. The molecule has 1 N–H and O–H groups in total. The van der Waals surface area contributed by atoms with Gasteiger partial charge < -0.3 is 10.1 Å². The highest BCUT2D eigenvalue weighted by atomic mass is 16.5. The Morgan fingerprint density at radius 3 is 2.86 bits per heavy atom. The highest BCUT2D eigenvalue weighted by molar-refractivity contribution is 4.93. The summed E-state index contributed by atoms with van der Waals surface area (Å²) in [6.45, 7) is 3.69. The molecule has 0 aromatic heterocycles. The van der Waals surface area contributed by atoms with Crippen molar-refractivity contribution in [2.45, 2.75) is 31.5 Å². The molecule has 1 rings (SSSR count). The zero-order valence-electron chi connectivity index (χ0n) is 9.16. The first-order valence-corrected chi connectivity index (χ1v) is 5.07. The van der Waals surface area contributed by atoms with Crippen LogP contribution in [0.4, 0.5) is 0 Å². The third-order valence-electron chi connectivity index (χ3n) is 2.88. The SMILES string of the molecule is CNC(C#N)CN(C)C1CCOC1C. The first-order valence-electron chi connectivity index (χ1n) is 5.07. The van der Waals surface area contributed by atoms with E-state index in [1.807, 2.05) is 7.05 Å². The summed E-state index contributed by atoms with van der Waals surface area (Å²) in [6, 6.07) is 2.59. The van der Waals surface area contributed by atoms with Crippen molar-refractivity contribution in [2.24, 2.45) is 0 Å². The van der Waals surface area contributed by atoms with Gasteiger partial charge in [-0.2, -0.15) is 5.26 Å². The minimum absolute atomic E-state index is 0.0900. The van der Waals surface area contributed by atoms with E-state index in [1.165, 1.54) is 0 Å². The quantitative estimate of drug-likeness (QED) is 0.700. The van der Waals surface area contributed by atoms with Gasteiger partial charge in [-0.05, 0) is 27.4 Å². The minimum Gasteiger partial charge on any atom is -0.377 e. The maximum Gasteiger partial charge on any atom is 0.108 e. The van der Waals surface area contributed by atoms with Gasteiger partial charge in [0.1, 0.15) is 6.04 Å². The number of nitrogens with zero attached hydrogens (tertiary/aromatic N) is 2. The molecular weight excluding hydrogens is 178 g/mol. The van der Waals surface area contributed by atoms with Gasteiger partial charge in [-0.15, -0.1) is 0 Å². The standard InChI is InChI=1S/C10H19N3O/c1-8-10(4-5-14-8)13(3)7-9(6-11)12-2/h8-10,12H,4-5,7H2,1-3H3. The summed E-state index contributed by atoms with van der Waals surface area (Å²) in [5.41, 5.74) is 0.